The van der Waals surface area contributed by atoms with Crippen LogP contribution in [0, 0.1) is 0 Å². The lowest BCUT2D eigenvalue weighted by Gasteiger charge is -2.05. The molecule has 0 spiro atoms. The van der Waals surface area contributed by atoms with Gasteiger partial charge in [-0.1, -0.05) is 6.07 Å². The van der Waals surface area contributed by atoms with E-state index in [0.29, 0.717) is 15.9 Å². The molecular weight excluding hydrogens is 326 g/mol. The first-order valence-electron chi connectivity index (χ1n) is 5.99. The summed E-state index contributed by atoms with van der Waals surface area (Å²) in [7, 11) is -4.29. The zero-order valence-electron chi connectivity index (χ0n) is 10.9. The van der Waals surface area contributed by atoms with Crippen molar-refractivity contribution < 1.29 is 18.1 Å². The minimum absolute atomic E-state index is 0.125. The number of benzene rings is 2. The lowest BCUT2D eigenvalue weighted by Crippen LogP contribution is -1.97. The van der Waals surface area contributed by atoms with Crippen LogP contribution < -0.4 is 0 Å². The summed E-state index contributed by atoms with van der Waals surface area (Å²) >= 11 is 1.31. The normalized spacial score (nSPS) is 12.2. The van der Waals surface area contributed by atoms with E-state index in [1.54, 1.807) is 17.6 Å². The summed E-state index contributed by atoms with van der Waals surface area (Å²) in [6.07, 6.45) is 1.59. The minimum atomic E-state index is -4.29. The smallest absolute Gasteiger partial charge is 0.294 e. The van der Waals surface area contributed by atoms with E-state index < -0.39 is 10.1 Å². The zero-order chi connectivity index (χ0) is 15.7. The Morgan fingerprint density at radius 2 is 1.95 bits per heavy atom. The van der Waals surface area contributed by atoms with Crippen molar-refractivity contribution in [1.29, 1.82) is 0 Å². The van der Waals surface area contributed by atoms with Crippen molar-refractivity contribution in [2.45, 2.75) is 4.90 Å². The number of hydrogen-bond donors (Lipinski definition) is 2. The van der Waals surface area contributed by atoms with Crippen LogP contribution in [-0.2, 0) is 10.1 Å². The van der Waals surface area contributed by atoms with Crippen molar-refractivity contribution in [3.05, 3.63) is 41.9 Å². The molecule has 112 valence electrons. The average Bonchev–Trinajstić information content (AvgIpc) is 2.98. The summed E-state index contributed by atoms with van der Waals surface area (Å²) in [5.41, 5.74) is 0.238. The van der Waals surface area contributed by atoms with Crippen molar-refractivity contribution in [2.24, 2.45) is 10.2 Å². The first-order chi connectivity index (χ1) is 10.4. The Bertz CT molecular complexity index is 966. The summed E-state index contributed by atoms with van der Waals surface area (Å²) in [6.45, 7) is 0. The minimum Gasteiger partial charge on any atom is -0.505 e. The molecule has 0 unspecified atom stereocenters. The van der Waals surface area contributed by atoms with Gasteiger partial charge in [0.05, 0.1) is 4.90 Å². The van der Waals surface area contributed by atoms with Crippen LogP contribution in [-0.4, -0.2) is 23.1 Å². The van der Waals surface area contributed by atoms with Gasteiger partial charge in [0.1, 0.15) is 5.69 Å². The van der Waals surface area contributed by atoms with Gasteiger partial charge in [-0.2, -0.15) is 8.42 Å². The number of thiazole rings is 1. The topological polar surface area (TPSA) is 112 Å². The molecule has 0 amide bonds. The first kappa shape index (κ1) is 14.6. The third-order valence-electron chi connectivity index (χ3n) is 2.90. The summed E-state index contributed by atoms with van der Waals surface area (Å²) in [5, 5.41) is 21.1. The highest BCUT2D eigenvalue weighted by molar-refractivity contribution is 7.85. The fraction of sp³-hybridized carbons (Fsp3) is 0. The number of fused-ring (bicyclic) bond motifs is 1. The Kier molecular flexibility index (Phi) is 3.61. The highest BCUT2D eigenvalue weighted by Crippen LogP contribution is 2.36. The average molecular weight is 335 g/mol. The number of phenolic OH excluding ortho intramolecular Hbond substituents is 1. The molecule has 3 rings (SSSR count). The zero-order valence-corrected chi connectivity index (χ0v) is 12.5. The maximum atomic E-state index is 11.1. The van der Waals surface area contributed by atoms with Crippen molar-refractivity contribution in [1.82, 2.24) is 4.98 Å². The highest BCUT2D eigenvalue weighted by atomic mass is 32.2. The molecule has 0 atom stereocenters. The standard InChI is InChI=1S/C13H9N3O4S2/c17-12-10-3-2-9(22(18,19)20)7-8(10)1-4-11(12)15-16-13-14-5-6-21-13/h1-7,17H,(H,18,19,20)/b16-15+. The van der Waals surface area contributed by atoms with Gasteiger partial charge in [0.25, 0.3) is 10.1 Å². The van der Waals surface area contributed by atoms with Gasteiger partial charge in [-0.05, 0) is 29.7 Å². The van der Waals surface area contributed by atoms with Crippen LogP contribution in [0.1, 0.15) is 0 Å². The van der Waals surface area contributed by atoms with Crippen LogP contribution in [0.2, 0.25) is 0 Å². The van der Waals surface area contributed by atoms with Gasteiger partial charge in [0.15, 0.2) is 5.75 Å². The molecule has 0 aliphatic carbocycles. The van der Waals surface area contributed by atoms with Crippen molar-refractivity contribution in [3.8, 4) is 5.75 Å². The molecule has 0 saturated carbocycles. The molecule has 2 aromatic carbocycles. The van der Waals surface area contributed by atoms with E-state index in [1.165, 1.54) is 35.6 Å². The van der Waals surface area contributed by atoms with Crippen molar-refractivity contribution >= 4 is 43.0 Å². The van der Waals surface area contributed by atoms with E-state index in [4.69, 9.17) is 4.55 Å². The second-order valence-electron chi connectivity index (χ2n) is 4.31. The number of nitrogens with zero attached hydrogens (tertiary/aromatic N) is 3. The molecule has 0 aliphatic rings. The van der Waals surface area contributed by atoms with Gasteiger partial charge in [0, 0.05) is 17.0 Å². The largest absolute Gasteiger partial charge is 0.505 e. The predicted octanol–water partition coefficient (Wildman–Crippen LogP) is 3.66. The molecule has 0 fully saturated rings. The van der Waals surface area contributed by atoms with Crippen LogP contribution in [0.5, 0.6) is 5.75 Å². The first-order valence-corrected chi connectivity index (χ1v) is 8.31. The number of phenols is 1. The van der Waals surface area contributed by atoms with Crippen LogP contribution in [0.4, 0.5) is 10.8 Å². The third-order valence-corrected chi connectivity index (χ3v) is 4.41. The van der Waals surface area contributed by atoms with Crippen molar-refractivity contribution in [2.75, 3.05) is 0 Å². The number of hydrogen-bond acceptors (Lipinski definition) is 7. The van der Waals surface area contributed by atoms with E-state index in [1.807, 2.05) is 0 Å². The molecule has 0 radical (unpaired) electrons. The lowest BCUT2D eigenvalue weighted by atomic mass is 10.1. The fourth-order valence-electron chi connectivity index (χ4n) is 1.88. The fourth-order valence-corrected chi connectivity index (χ4v) is 2.85. The summed E-state index contributed by atoms with van der Waals surface area (Å²) < 4.78 is 31.3. The second kappa shape index (κ2) is 5.44. The molecule has 1 aromatic heterocycles. The summed E-state index contributed by atoms with van der Waals surface area (Å²) in [4.78, 5) is 3.70. The molecule has 22 heavy (non-hydrogen) atoms. The highest BCUT2D eigenvalue weighted by Gasteiger charge is 2.12. The summed E-state index contributed by atoms with van der Waals surface area (Å²) in [6, 6.07) is 6.96. The molecule has 1 heterocycles. The number of aromatic hydroxyl groups is 1. The van der Waals surface area contributed by atoms with Gasteiger partial charge in [-0.25, -0.2) is 4.98 Å². The molecule has 0 aliphatic heterocycles. The van der Waals surface area contributed by atoms with E-state index in [2.05, 4.69) is 15.2 Å². The van der Waals surface area contributed by atoms with E-state index in [-0.39, 0.29) is 16.3 Å². The van der Waals surface area contributed by atoms with Crippen LogP contribution >= 0.6 is 11.3 Å². The molecule has 9 heteroatoms. The maximum absolute atomic E-state index is 11.1. The van der Waals surface area contributed by atoms with E-state index >= 15 is 0 Å². The van der Waals surface area contributed by atoms with Gasteiger partial charge >= 0.3 is 0 Å². The van der Waals surface area contributed by atoms with Crippen LogP contribution in [0.25, 0.3) is 10.8 Å². The molecule has 3 aromatic rings. The molecule has 7 nitrogen and oxygen atoms in total. The summed E-state index contributed by atoms with van der Waals surface area (Å²) in [5.74, 6) is -0.125. The Morgan fingerprint density at radius 1 is 1.14 bits per heavy atom. The van der Waals surface area contributed by atoms with Gasteiger partial charge in [-0.3, -0.25) is 4.55 Å². The molecule has 0 saturated heterocycles. The lowest BCUT2D eigenvalue weighted by molar-refractivity contribution is 0.480. The third kappa shape index (κ3) is 2.82. The van der Waals surface area contributed by atoms with Crippen molar-refractivity contribution in [3.63, 3.8) is 0 Å². The number of rotatable bonds is 3. The number of aromatic nitrogens is 1. The Hall–Kier alpha value is -2.36. The van der Waals surface area contributed by atoms with Gasteiger partial charge in [-0.15, -0.1) is 21.6 Å². The van der Waals surface area contributed by atoms with Gasteiger partial charge < -0.3 is 5.11 Å². The molecule has 2 N–H and O–H groups in total. The van der Waals surface area contributed by atoms with E-state index in [0.717, 1.165) is 0 Å². The van der Waals surface area contributed by atoms with Gasteiger partial charge in [0.2, 0.25) is 5.13 Å². The quantitative estimate of drug-likeness (QED) is 0.560. The molecule has 0 bridgehead atoms. The van der Waals surface area contributed by atoms with Crippen LogP contribution in [0.3, 0.4) is 0 Å². The molecular formula is C13H9N3O4S2. The number of azo groups is 1. The van der Waals surface area contributed by atoms with E-state index in [9.17, 15) is 13.5 Å². The Balaban J connectivity index is 2.07. The van der Waals surface area contributed by atoms with Crippen LogP contribution in [0.15, 0.2) is 57.0 Å². The SMILES string of the molecule is O=S(=O)(O)c1ccc2c(O)c(/N=N/c3nccs3)ccc2c1. The maximum Gasteiger partial charge on any atom is 0.294 e. The Morgan fingerprint density at radius 3 is 2.64 bits per heavy atom. The Labute approximate surface area is 129 Å². The second-order valence-corrected chi connectivity index (χ2v) is 6.60. The monoisotopic (exact) mass is 335 g/mol. The predicted molar refractivity (Wildman–Crippen MR) is 81.7 cm³/mol.